The van der Waals surface area contributed by atoms with Crippen LogP contribution in [0.4, 0.5) is 0 Å². The summed E-state index contributed by atoms with van der Waals surface area (Å²) in [6, 6.07) is -0.200. The van der Waals surface area contributed by atoms with Crippen LogP contribution in [0.3, 0.4) is 0 Å². The highest BCUT2D eigenvalue weighted by Crippen LogP contribution is 2.21. The molecular formula is C13H26N2O3. The third-order valence-corrected chi connectivity index (χ3v) is 3.45. The number of hydrogen-bond donors (Lipinski definition) is 2. The van der Waals surface area contributed by atoms with Gasteiger partial charge in [-0.2, -0.15) is 0 Å². The summed E-state index contributed by atoms with van der Waals surface area (Å²) in [4.78, 5) is 11.8. The molecule has 1 aliphatic rings. The molecule has 0 aromatic heterocycles. The van der Waals surface area contributed by atoms with E-state index in [1.165, 1.54) is 0 Å². The lowest BCUT2D eigenvalue weighted by atomic mass is 10.0. The normalized spacial score (nSPS) is 25.1. The molecule has 1 fully saturated rings. The molecule has 106 valence electrons. The summed E-state index contributed by atoms with van der Waals surface area (Å²) >= 11 is 0. The molecule has 0 aromatic rings. The Balaban J connectivity index is 2.26. The summed E-state index contributed by atoms with van der Waals surface area (Å²) in [6.07, 6.45) is 2.99. The van der Waals surface area contributed by atoms with Crippen LogP contribution in [-0.4, -0.2) is 51.0 Å². The number of amides is 1. The van der Waals surface area contributed by atoms with Crippen molar-refractivity contribution in [3.63, 3.8) is 0 Å². The van der Waals surface area contributed by atoms with Gasteiger partial charge < -0.3 is 20.1 Å². The van der Waals surface area contributed by atoms with Crippen LogP contribution >= 0.6 is 0 Å². The maximum atomic E-state index is 11.8. The highest BCUT2D eigenvalue weighted by Gasteiger charge is 2.35. The molecule has 0 bridgehead atoms. The van der Waals surface area contributed by atoms with E-state index in [2.05, 4.69) is 17.6 Å². The van der Waals surface area contributed by atoms with E-state index in [1.807, 2.05) is 6.92 Å². The fourth-order valence-corrected chi connectivity index (χ4v) is 1.93. The number of carbonyl (C=O) groups is 1. The summed E-state index contributed by atoms with van der Waals surface area (Å²) < 4.78 is 10.9. The summed E-state index contributed by atoms with van der Waals surface area (Å²) in [5.74, 6) is 0.0496. The molecule has 5 nitrogen and oxygen atoms in total. The van der Waals surface area contributed by atoms with Crippen molar-refractivity contribution in [1.29, 1.82) is 0 Å². The maximum absolute atomic E-state index is 11.8. The van der Waals surface area contributed by atoms with Crippen molar-refractivity contribution in [2.75, 3.05) is 33.4 Å². The maximum Gasteiger partial charge on any atom is 0.236 e. The van der Waals surface area contributed by atoms with Gasteiger partial charge in [-0.25, -0.2) is 0 Å². The van der Waals surface area contributed by atoms with Crippen LogP contribution in [0.5, 0.6) is 0 Å². The fourth-order valence-electron chi connectivity index (χ4n) is 1.93. The van der Waals surface area contributed by atoms with Gasteiger partial charge in [0.05, 0.1) is 12.6 Å². The Morgan fingerprint density at radius 3 is 2.89 bits per heavy atom. The van der Waals surface area contributed by atoms with E-state index in [0.29, 0.717) is 13.2 Å². The molecule has 2 atom stereocenters. The smallest absolute Gasteiger partial charge is 0.236 e. The average molecular weight is 258 g/mol. The quantitative estimate of drug-likeness (QED) is 0.629. The monoisotopic (exact) mass is 258 g/mol. The highest BCUT2D eigenvalue weighted by atomic mass is 16.5. The van der Waals surface area contributed by atoms with Gasteiger partial charge in [0, 0.05) is 33.2 Å². The molecule has 0 spiro atoms. The van der Waals surface area contributed by atoms with Crippen molar-refractivity contribution >= 4 is 5.91 Å². The molecule has 1 saturated heterocycles. The van der Waals surface area contributed by atoms with Crippen LogP contribution in [0, 0.1) is 0 Å². The number of unbranched alkanes of at least 4 members (excludes halogenated alkanes) is 1. The number of ether oxygens (including phenoxy) is 2. The van der Waals surface area contributed by atoms with E-state index in [9.17, 15) is 4.79 Å². The van der Waals surface area contributed by atoms with Crippen LogP contribution in [-0.2, 0) is 14.3 Å². The van der Waals surface area contributed by atoms with E-state index in [-0.39, 0.29) is 17.6 Å². The highest BCUT2D eigenvalue weighted by molar-refractivity contribution is 5.81. The first kappa shape index (κ1) is 15.4. The zero-order valence-corrected chi connectivity index (χ0v) is 11.8. The van der Waals surface area contributed by atoms with Crippen molar-refractivity contribution in [2.45, 2.75) is 44.8 Å². The summed E-state index contributed by atoms with van der Waals surface area (Å²) in [6.45, 7) is 6.70. The fraction of sp³-hybridized carbons (Fsp3) is 0.923. The van der Waals surface area contributed by atoms with Crippen molar-refractivity contribution < 1.29 is 14.3 Å². The van der Waals surface area contributed by atoms with Gasteiger partial charge in [-0.05, 0) is 13.3 Å². The number of methoxy groups -OCH3 is 1. The summed E-state index contributed by atoms with van der Waals surface area (Å²) in [7, 11) is 1.70. The van der Waals surface area contributed by atoms with E-state index < -0.39 is 0 Å². The Bertz CT molecular complexity index is 253. The predicted molar refractivity (Wildman–Crippen MR) is 70.6 cm³/mol. The van der Waals surface area contributed by atoms with Gasteiger partial charge in [0.1, 0.15) is 5.60 Å². The van der Waals surface area contributed by atoms with Crippen LogP contribution in [0.1, 0.15) is 33.1 Å². The SMILES string of the molecule is CCCCNC(=O)C(C)NCC1(OC)CCOC1. The molecule has 1 amide bonds. The molecule has 5 heteroatoms. The van der Waals surface area contributed by atoms with Crippen molar-refractivity contribution in [3.05, 3.63) is 0 Å². The lowest BCUT2D eigenvalue weighted by Crippen LogP contribution is -2.50. The Hall–Kier alpha value is -0.650. The average Bonchev–Trinajstić information content (AvgIpc) is 2.85. The second kappa shape index (κ2) is 7.71. The molecule has 0 radical (unpaired) electrons. The van der Waals surface area contributed by atoms with Crippen molar-refractivity contribution in [1.82, 2.24) is 10.6 Å². The zero-order valence-electron chi connectivity index (χ0n) is 11.8. The Labute approximate surface area is 110 Å². The lowest BCUT2D eigenvalue weighted by molar-refractivity contribution is -0.123. The van der Waals surface area contributed by atoms with Crippen LogP contribution < -0.4 is 10.6 Å². The van der Waals surface area contributed by atoms with Gasteiger partial charge in [-0.15, -0.1) is 0 Å². The predicted octanol–water partition coefficient (Wildman–Crippen LogP) is 0.686. The Morgan fingerprint density at radius 1 is 1.56 bits per heavy atom. The van der Waals surface area contributed by atoms with Gasteiger partial charge in [-0.1, -0.05) is 13.3 Å². The third-order valence-electron chi connectivity index (χ3n) is 3.45. The van der Waals surface area contributed by atoms with E-state index in [4.69, 9.17) is 9.47 Å². The minimum absolute atomic E-state index is 0.0496. The zero-order chi connectivity index (χ0) is 13.4. The van der Waals surface area contributed by atoms with Crippen molar-refractivity contribution in [3.8, 4) is 0 Å². The van der Waals surface area contributed by atoms with E-state index in [0.717, 1.165) is 32.4 Å². The van der Waals surface area contributed by atoms with Gasteiger partial charge in [0.2, 0.25) is 5.91 Å². The molecule has 0 saturated carbocycles. The lowest BCUT2D eigenvalue weighted by Gasteiger charge is -2.27. The molecule has 1 heterocycles. The molecule has 2 unspecified atom stereocenters. The molecule has 2 N–H and O–H groups in total. The summed E-state index contributed by atoms with van der Waals surface area (Å²) in [5, 5.41) is 6.14. The topological polar surface area (TPSA) is 59.6 Å². The van der Waals surface area contributed by atoms with Crippen LogP contribution in [0.2, 0.25) is 0 Å². The van der Waals surface area contributed by atoms with Crippen LogP contribution in [0.25, 0.3) is 0 Å². The molecule has 0 aromatic carbocycles. The molecule has 18 heavy (non-hydrogen) atoms. The first-order chi connectivity index (χ1) is 8.63. The standard InChI is InChI=1S/C13H26N2O3/c1-4-5-7-14-12(16)11(2)15-9-13(17-3)6-8-18-10-13/h11,15H,4-10H2,1-3H3,(H,14,16). The first-order valence-corrected chi connectivity index (χ1v) is 6.77. The van der Waals surface area contributed by atoms with Gasteiger partial charge in [-0.3, -0.25) is 4.79 Å². The van der Waals surface area contributed by atoms with Gasteiger partial charge in [0.15, 0.2) is 0 Å². The minimum atomic E-state index is -0.266. The molecular weight excluding hydrogens is 232 g/mol. The number of carbonyl (C=O) groups excluding carboxylic acids is 1. The minimum Gasteiger partial charge on any atom is -0.378 e. The number of nitrogens with one attached hydrogen (secondary N) is 2. The van der Waals surface area contributed by atoms with Crippen LogP contribution in [0.15, 0.2) is 0 Å². The third kappa shape index (κ3) is 4.55. The molecule has 1 rings (SSSR count). The molecule has 1 aliphatic heterocycles. The van der Waals surface area contributed by atoms with Gasteiger partial charge >= 0.3 is 0 Å². The number of rotatable bonds is 8. The number of hydrogen-bond acceptors (Lipinski definition) is 4. The summed E-state index contributed by atoms with van der Waals surface area (Å²) in [5.41, 5.74) is -0.266. The Morgan fingerprint density at radius 2 is 2.33 bits per heavy atom. The van der Waals surface area contributed by atoms with E-state index >= 15 is 0 Å². The van der Waals surface area contributed by atoms with E-state index in [1.54, 1.807) is 7.11 Å². The second-order valence-corrected chi connectivity index (χ2v) is 4.94. The first-order valence-electron chi connectivity index (χ1n) is 6.77. The Kier molecular flexibility index (Phi) is 6.60. The largest absolute Gasteiger partial charge is 0.378 e. The second-order valence-electron chi connectivity index (χ2n) is 4.94. The molecule has 0 aliphatic carbocycles. The van der Waals surface area contributed by atoms with Gasteiger partial charge in [0.25, 0.3) is 0 Å². The van der Waals surface area contributed by atoms with Crippen molar-refractivity contribution in [2.24, 2.45) is 0 Å².